The predicted octanol–water partition coefficient (Wildman–Crippen LogP) is 1.72. The fraction of sp³-hybridized carbons (Fsp3) is 0.400. The SMILES string of the molecule is CNc1ccc2c(c1)CCN2C. The average Bonchev–Trinajstić information content (AvgIpc) is 2.47. The molecule has 2 heteroatoms. The molecule has 0 amide bonds. The van der Waals surface area contributed by atoms with Crippen LogP contribution in [0.1, 0.15) is 5.56 Å². The first-order chi connectivity index (χ1) is 5.81. The zero-order valence-electron chi connectivity index (χ0n) is 7.59. The standard InChI is InChI=1S/C10H14N2/c1-11-9-3-4-10-8(7-9)5-6-12(10)2/h3-4,7,11H,5-6H2,1-2H3. The van der Waals surface area contributed by atoms with Gasteiger partial charge >= 0.3 is 0 Å². The van der Waals surface area contributed by atoms with Crippen LogP contribution >= 0.6 is 0 Å². The lowest BCUT2D eigenvalue weighted by Gasteiger charge is -2.11. The second-order valence-electron chi connectivity index (χ2n) is 3.27. The van der Waals surface area contributed by atoms with E-state index in [-0.39, 0.29) is 0 Å². The van der Waals surface area contributed by atoms with Crippen LogP contribution < -0.4 is 10.2 Å². The molecule has 0 bridgehead atoms. The third-order valence-electron chi connectivity index (χ3n) is 2.50. The molecule has 1 N–H and O–H groups in total. The first kappa shape index (κ1) is 7.47. The highest BCUT2D eigenvalue weighted by Crippen LogP contribution is 2.28. The molecule has 0 aliphatic carbocycles. The normalized spacial score (nSPS) is 14.7. The van der Waals surface area contributed by atoms with Crippen molar-refractivity contribution in [3.05, 3.63) is 23.8 Å². The van der Waals surface area contributed by atoms with E-state index in [1.807, 2.05) is 7.05 Å². The molecule has 1 aromatic carbocycles. The molecule has 64 valence electrons. The van der Waals surface area contributed by atoms with Crippen molar-refractivity contribution in [2.45, 2.75) is 6.42 Å². The van der Waals surface area contributed by atoms with Gasteiger partial charge in [-0.25, -0.2) is 0 Å². The number of hydrogen-bond donors (Lipinski definition) is 1. The lowest BCUT2D eigenvalue weighted by molar-refractivity contribution is 0.956. The molecule has 12 heavy (non-hydrogen) atoms. The Bertz CT molecular complexity index is 294. The van der Waals surface area contributed by atoms with Gasteiger partial charge < -0.3 is 10.2 Å². The number of rotatable bonds is 1. The lowest BCUT2D eigenvalue weighted by Crippen LogP contribution is -2.12. The molecule has 0 spiro atoms. The second kappa shape index (κ2) is 2.70. The topological polar surface area (TPSA) is 15.3 Å². The zero-order chi connectivity index (χ0) is 8.55. The van der Waals surface area contributed by atoms with E-state index in [1.165, 1.54) is 23.4 Å². The Balaban J connectivity index is 2.41. The average molecular weight is 162 g/mol. The van der Waals surface area contributed by atoms with Gasteiger partial charge in [-0.2, -0.15) is 0 Å². The number of nitrogens with zero attached hydrogens (tertiary/aromatic N) is 1. The summed E-state index contributed by atoms with van der Waals surface area (Å²) in [5, 5.41) is 3.15. The summed E-state index contributed by atoms with van der Waals surface area (Å²) < 4.78 is 0. The predicted molar refractivity (Wildman–Crippen MR) is 53.0 cm³/mol. The molecule has 2 nitrogen and oxygen atoms in total. The van der Waals surface area contributed by atoms with Gasteiger partial charge in [-0.15, -0.1) is 0 Å². The van der Waals surface area contributed by atoms with Crippen LogP contribution in [0, 0.1) is 0 Å². The molecular weight excluding hydrogens is 148 g/mol. The smallest absolute Gasteiger partial charge is 0.0398 e. The first-order valence-corrected chi connectivity index (χ1v) is 4.33. The quantitative estimate of drug-likeness (QED) is 0.676. The number of hydrogen-bond acceptors (Lipinski definition) is 2. The van der Waals surface area contributed by atoms with Crippen LogP contribution in [0.15, 0.2) is 18.2 Å². The van der Waals surface area contributed by atoms with Crippen molar-refractivity contribution in [3.8, 4) is 0 Å². The minimum absolute atomic E-state index is 1.16. The Morgan fingerprint density at radius 2 is 2.25 bits per heavy atom. The zero-order valence-corrected chi connectivity index (χ0v) is 7.59. The Morgan fingerprint density at radius 3 is 3.00 bits per heavy atom. The molecule has 1 aliphatic heterocycles. The van der Waals surface area contributed by atoms with E-state index in [4.69, 9.17) is 0 Å². The van der Waals surface area contributed by atoms with Gasteiger partial charge in [-0.05, 0) is 30.2 Å². The van der Waals surface area contributed by atoms with Crippen molar-refractivity contribution >= 4 is 11.4 Å². The van der Waals surface area contributed by atoms with Crippen LogP contribution in [0.3, 0.4) is 0 Å². The molecule has 0 saturated heterocycles. The van der Waals surface area contributed by atoms with Crippen LogP contribution in [0.4, 0.5) is 11.4 Å². The summed E-state index contributed by atoms with van der Waals surface area (Å²) in [6, 6.07) is 6.55. The summed E-state index contributed by atoms with van der Waals surface area (Å²) in [4.78, 5) is 2.30. The monoisotopic (exact) mass is 162 g/mol. The second-order valence-corrected chi connectivity index (χ2v) is 3.27. The van der Waals surface area contributed by atoms with Crippen LogP contribution in [-0.2, 0) is 6.42 Å². The van der Waals surface area contributed by atoms with Crippen molar-refractivity contribution in [2.75, 3.05) is 30.9 Å². The Kier molecular flexibility index (Phi) is 1.68. The van der Waals surface area contributed by atoms with Crippen molar-refractivity contribution in [3.63, 3.8) is 0 Å². The van der Waals surface area contributed by atoms with Crippen molar-refractivity contribution < 1.29 is 0 Å². The van der Waals surface area contributed by atoms with Crippen LogP contribution in [0.2, 0.25) is 0 Å². The third-order valence-corrected chi connectivity index (χ3v) is 2.50. The molecule has 0 saturated carbocycles. The molecule has 0 unspecified atom stereocenters. The summed E-state index contributed by atoms with van der Waals surface area (Å²) in [6.45, 7) is 1.16. The summed E-state index contributed by atoms with van der Waals surface area (Å²) in [5.74, 6) is 0. The van der Waals surface area contributed by atoms with E-state index in [2.05, 4.69) is 35.5 Å². The maximum Gasteiger partial charge on any atom is 0.0398 e. The Labute approximate surface area is 73.2 Å². The largest absolute Gasteiger partial charge is 0.388 e. The van der Waals surface area contributed by atoms with Gasteiger partial charge in [0.15, 0.2) is 0 Å². The molecular formula is C10H14N2. The van der Waals surface area contributed by atoms with Crippen LogP contribution in [0.5, 0.6) is 0 Å². The van der Waals surface area contributed by atoms with E-state index >= 15 is 0 Å². The molecule has 0 atom stereocenters. The number of anilines is 2. The summed E-state index contributed by atoms with van der Waals surface area (Å²) in [5.41, 5.74) is 4.06. The van der Waals surface area contributed by atoms with E-state index in [1.54, 1.807) is 0 Å². The number of fused-ring (bicyclic) bond motifs is 1. The fourth-order valence-electron chi connectivity index (χ4n) is 1.72. The summed E-state index contributed by atoms with van der Waals surface area (Å²) in [7, 11) is 4.10. The molecule has 2 rings (SSSR count). The van der Waals surface area contributed by atoms with Gasteiger partial charge in [0, 0.05) is 32.0 Å². The highest BCUT2D eigenvalue weighted by molar-refractivity contribution is 5.63. The van der Waals surface area contributed by atoms with Gasteiger partial charge in [0.2, 0.25) is 0 Å². The van der Waals surface area contributed by atoms with Crippen LogP contribution in [-0.4, -0.2) is 20.6 Å². The number of benzene rings is 1. The molecule has 1 aromatic rings. The van der Waals surface area contributed by atoms with Crippen molar-refractivity contribution in [1.82, 2.24) is 0 Å². The lowest BCUT2D eigenvalue weighted by atomic mass is 10.1. The van der Waals surface area contributed by atoms with E-state index in [0.29, 0.717) is 0 Å². The minimum Gasteiger partial charge on any atom is -0.388 e. The molecule has 1 aliphatic rings. The van der Waals surface area contributed by atoms with E-state index in [0.717, 1.165) is 6.54 Å². The number of nitrogens with one attached hydrogen (secondary N) is 1. The van der Waals surface area contributed by atoms with E-state index in [9.17, 15) is 0 Å². The van der Waals surface area contributed by atoms with Crippen LogP contribution in [0.25, 0.3) is 0 Å². The van der Waals surface area contributed by atoms with Crippen molar-refractivity contribution in [1.29, 1.82) is 0 Å². The van der Waals surface area contributed by atoms with Gasteiger partial charge in [0.25, 0.3) is 0 Å². The maximum atomic E-state index is 3.15. The third kappa shape index (κ3) is 1.04. The molecule has 0 aromatic heterocycles. The van der Waals surface area contributed by atoms with Crippen molar-refractivity contribution in [2.24, 2.45) is 0 Å². The summed E-state index contributed by atoms with van der Waals surface area (Å²) in [6.07, 6.45) is 1.18. The van der Waals surface area contributed by atoms with Gasteiger partial charge in [0.1, 0.15) is 0 Å². The first-order valence-electron chi connectivity index (χ1n) is 4.33. The van der Waals surface area contributed by atoms with E-state index < -0.39 is 0 Å². The summed E-state index contributed by atoms with van der Waals surface area (Å²) >= 11 is 0. The van der Waals surface area contributed by atoms with Gasteiger partial charge in [-0.1, -0.05) is 0 Å². The Morgan fingerprint density at radius 1 is 1.42 bits per heavy atom. The fourth-order valence-corrected chi connectivity index (χ4v) is 1.72. The highest BCUT2D eigenvalue weighted by atomic mass is 15.1. The molecule has 0 fully saturated rings. The number of likely N-dealkylation sites (N-methyl/N-ethyl adjacent to an activating group) is 1. The minimum atomic E-state index is 1.16. The maximum absolute atomic E-state index is 3.15. The van der Waals surface area contributed by atoms with Gasteiger partial charge in [-0.3, -0.25) is 0 Å². The van der Waals surface area contributed by atoms with Gasteiger partial charge in [0.05, 0.1) is 0 Å². The Hall–Kier alpha value is -1.18. The highest BCUT2D eigenvalue weighted by Gasteiger charge is 2.14. The molecule has 1 heterocycles. The molecule has 0 radical (unpaired) electrons.